The summed E-state index contributed by atoms with van der Waals surface area (Å²) in [4.78, 5) is 1.40. The van der Waals surface area contributed by atoms with E-state index in [0.717, 1.165) is 10.4 Å². The van der Waals surface area contributed by atoms with E-state index in [-0.39, 0.29) is 0 Å². The second kappa shape index (κ2) is 6.38. The Morgan fingerprint density at radius 1 is 1.47 bits per heavy atom. The molecule has 2 unspecified atom stereocenters. The highest BCUT2D eigenvalue weighted by atomic mass is 79.9. The third kappa shape index (κ3) is 3.84. The highest BCUT2D eigenvalue weighted by molar-refractivity contribution is 9.13. The van der Waals surface area contributed by atoms with Crippen LogP contribution >= 0.6 is 43.2 Å². The lowest BCUT2D eigenvalue weighted by Gasteiger charge is -2.18. The number of halogens is 2. The number of hydrogen-bond donors (Lipinski definition) is 1. The van der Waals surface area contributed by atoms with Gasteiger partial charge in [0, 0.05) is 15.4 Å². The van der Waals surface area contributed by atoms with E-state index in [4.69, 9.17) is 0 Å². The molecule has 0 saturated heterocycles. The van der Waals surface area contributed by atoms with Crippen LogP contribution in [0.4, 0.5) is 0 Å². The van der Waals surface area contributed by atoms with Crippen LogP contribution in [0.15, 0.2) is 14.3 Å². The zero-order valence-electron chi connectivity index (χ0n) is 9.31. The Labute approximate surface area is 113 Å². The molecule has 0 aromatic carbocycles. The first-order valence-electron chi connectivity index (χ1n) is 5.20. The summed E-state index contributed by atoms with van der Waals surface area (Å²) in [7, 11) is 2.04. The van der Waals surface area contributed by atoms with Crippen LogP contribution in [0.5, 0.6) is 0 Å². The normalized spacial score (nSPS) is 15.3. The van der Waals surface area contributed by atoms with Gasteiger partial charge in [0.05, 0.1) is 3.79 Å². The van der Waals surface area contributed by atoms with Crippen molar-refractivity contribution in [1.29, 1.82) is 0 Å². The van der Waals surface area contributed by atoms with Crippen molar-refractivity contribution in [3.8, 4) is 0 Å². The van der Waals surface area contributed by atoms with Crippen LogP contribution in [0, 0.1) is 5.92 Å². The fourth-order valence-corrected chi connectivity index (χ4v) is 3.69. The summed E-state index contributed by atoms with van der Waals surface area (Å²) >= 11 is 8.88. The quantitative estimate of drug-likeness (QED) is 0.787. The van der Waals surface area contributed by atoms with Crippen molar-refractivity contribution in [1.82, 2.24) is 5.32 Å². The van der Waals surface area contributed by atoms with Gasteiger partial charge in [-0.15, -0.1) is 11.3 Å². The molecule has 1 nitrogen and oxygen atoms in total. The third-order valence-corrected chi connectivity index (χ3v) is 6.06. The van der Waals surface area contributed by atoms with Crippen molar-refractivity contribution in [2.75, 3.05) is 7.05 Å². The largest absolute Gasteiger partial charge is 0.312 e. The molecule has 0 aliphatic rings. The van der Waals surface area contributed by atoms with Crippen molar-refractivity contribution in [3.63, 3.8) is 0 Å². The maximum absolute atomic E-state index is 3.54. The highest BCUT2D eigenvalue weighted by Gasteiger charge is 2.16. The number of nitrogens with one attached hydrogen (secondary N) is 1. The minimum absolute atomic E-state index is 0.479. The first-order chi connectivity index (χ1) is 7.08. The summed E-state index contributed by atoms with van der Waals surface area (Å²) in [6, 6.07) is 2.69. The van der Waals surface area contributed by atoms with Crippen LogP contribution in [0.1, 0.15) is 37.6 Å². The van der Waals surface area contributed by atoms with E-state index in [0.29, 0.717) is 6.04 Å². The fraction of sp³-hybridized carbons (Fsp3) is 0.636. The molecule has 0 spiro atoms. The lowest BCUT2D eigenvalue weighted by Crippen LogP contribution is -2.17. The van der Waals surface area contributed by atoms with Gasteiger partial charge in [-0.25, -0.2) is 0 Å². The summed E-state index contributed by atoms with van der Waals surface area (Å²) in [5, 5.41) is 3.39. The van der Waals surface area contributed by atoms with Crippen molar-refractivity contribution >= 4 is 43.2 Å². The summed E-state index contributed by atoms with van der Waals surface area (Å²) < 4.78 is 2.34. The lowest BCUT2D eigenvalue weighted by atomic mass is 9.98. The molecule has 2 atom stereocenters. The van der Waals surface area contributed by atoms with Gasteiger partial charge in [0.15, 0.2) is 0 Å². The summed E-state index contributed by atoms with van der Waals surface area (Å²) in [5.74, 6) is 0.766. The van der Waals surface area contributed by atoms with E-state index in [1.165, 1.54) is 21.5 Å². The second-order valence-electron chi connectivity index (χ2n) is 3.86. The highest BCUT2D eigenvalue weighted by Crippen LogP contribution is 2.37. The summed E-state index contributed by atoms with van der Waals surface area (Å²) in [6.45, 7) is 4.56. The van der Waals surface area contributed by atoms with Gasteiger partial charge in [-0.2, -0.15) is 0 Å². The number of rotatable bonds is 5. The number of hydrogen-bond acceptors (Lipinski definition) is 2. The molecule has 1 aromatic heterocycles. The van der Waals surface area contributed by atoms with Gasteiger partial charge >= 0.3 is 0 Å². The zero-order valence-corrected chi connectivity index (χ0v) is 13.3. The monoisotopic (exact) mass is 353 g/mol. The van der Waals surface area contributed by atoms with Crippen LogP contribution in [-0.4, -0.2) is 7.05 Å². The topological polar surface area (TPSA) is 12.0 Å². The van der Waals surface area contributed by atoms with Crippen LogP contribution < -0.4 is 5.32 Å². The minimum atomic E-state index is 0.479. The molecular formula is C11H17Br2NS. The standard InChI is InChI=1S/C11H17Br2NS/c1-4-7(2)5-9(14-3)10-6-8(12)11(13)15-10/h6-7,9,14H,4-5H2,1-3H3. The zero-order chi connectivity index (χ0) is 11.4. The molecule has 1 aromatic rings. The Morgan fingerprint density at radius 2 is 2.13 bits per heavy atom. The molecule has 1 N–H and O–H groups in total. The van der Waals surface area contributed by atoms with E-state index in [9.17, 15) is 0 Å². The predicted octanol–water partition coefficient (Wildman–Crippen LogP) is 4.97. The predicted molar refractivity (Wildman–Crippen MR) is 75.6 cm³/mol. The Balaban J connectivity index is 2.74. The van der Waals surface area contributed by atoms with E-state index < -0.39 is 0 Å². The molecule has 0 aliphatic carbocycles. The SMILES string of the molecule is CCC(C)CC(NC)c1cc(Br)c(Br)s1. The van der Waals surface area contributed by atoms with Crippen LogP contribution in [0.25, 0.3) is 0 Å². The Kier molecular flexibility index (Phi) is 5.82. The molecule has 0 fully saturated rings. The van der Waals surface area contributed by atoms with E-state index in [1.807, 2.05) is 7.05 Å². The molecule has 86 valence electrons. The first-order valence-corrected chi connectivity index (χ1v) is 7.60. The molecule has 0 saturated carbocycles. The van der Waals surface area contributed by atoms with E-state index in [1.54, 1.807) is 11.3 Å². The summed E-state index contributed by atoms with van der Waals surface area (Å²) in [5.41, 5.74) is 0. The van der Waals surface area contributed by atoms with Crippen molar-refractivity contribution in [3.05, 3.63) is 19.2 Å². The lowest BCUT2D eigenvalue weighted by molar-refractivity contribution is 0.426. The van der Waals surface area contributed by atoms with Gasteiger partial charge in [-0.05, 0) is 57.3 Å². The number of thiophene rings is 1. The van der Waals surface area contributed by atoms with Crippen LogP contribution in [0.3, 0.4) is 0 Å². The van der Waals surface area contributed by atoms with Crippen molar-refractivity contribution < 1.29 is 0 Å². The molecular weight excluding hydrogens is 338 g/mol. The first kappa shape index (κ1) is 13.7. The van der Waals surface area contributed by atoms with E-state index >= 15 is 0 Å². The average molecular weight is 355 g/mol. The molecule has 4 heteroatoms. The molecule has 1 heterocycles. The van der Waals surface area contributed by atoms with Crippen molar-refractivity contribution in [2.45, 2.75) is 32.7 Å². The Morgan fingerprint density at radius 3 is 2.53 bits per heavy atom. The molecule has 1 rings (SSSR count). The smallest absolute Gasteiger partial charge is 0.0843 e. The Hall–Kier alpha value is 0.620. The van der Waals surface area contributed by atoms with Gasteiger partial charge in [0.25, 0.3) is 0 Å². The van der Waals surface area contributed by atoms with Crippen LogP contribution in [-0.2, 0) is 0 Å². The van der Waals surface area contributed by atoms with E-state index in [2.05, 4.69) is 57.1 Å². The maximum Gasteiger partial charge on any atom is 0.0843 e. The van der Waals surface area contributed by atoms with Gasteiger partial charge in [-0.1, -0.05) is 20.3 Å². The summed E-state index contributed by atoms with van der Waals surface area (Å²) in [6.07, 6.45) is 2.44. The van der Waals surface area contributed by atoms with Crippen molar-refractivity contribution in [2.24, 2.45) is 5.92 Å². The van der Waals surface area contributed by atoms with Gasteiger partial charge in [-0.3, -0.25) is 0 Å². The molecule has 0 aliphatic heterocycles. The minimum Gasteiger partial charge on any atom is -0.312 e. The molecule has 0 radical (unpaired) electrons. The van der Waals surface area contributed by atoms with Gasteiger partial charge in [0.2, 0.25) is 0 Å². The molecule has 0 amide bonds. The van der Waals surface area contributed by atoms with Gasteiger partial charge in [0.1, 0.15) is 0 Å². The van der Waals surface area contributed by atoms with Crippen LogP contribution in [0.2, 0.25) is 0 Å². The Bertz CT molecular complexity index is 292. The average Bonchev–Trinajstić information content (AvgIpc) is 2.55. The fourth-order valence-electron chi connectivity index (χ4n) is 1.48. The van der Waals surface area contributed by atoms with Gasteiger partial charge < -0.3 is 5.32 Å². The second-order valence-corrected chi connectivity index (χ2v) is 7.12. The molecule has 0 bridgehead atoms. The molecule has 15 heavy (non-hydrogen) atoms. The third-order valence-electron chi connectivity index (χ3n) is 2.69. The maximum atomic E-state index is 3.54.